The average Bonchev–Trinajstić information content (AvgIpc) is 2.72. The van der Waals surface area contributed by atoms with E-state index in [0.717, 1.165) is 12.1 Å². The number of ether oxygens (including phenoxy) is 3. The van der Waals surface area contributed by atoms with E-state index in [-0.39, 0.29) is 29.7 Å². The van der Waals surface area contributed by atoms with E-state index in [1.165, 1.54) is 11.4 Å². The topological polar surface area (TPSA) is 137 Å². The van der Waals surface area contributed by atoms with Crippen LogP contribution in [0.5, 0.6) is 17.5 Å². The maximum absolute atomic E-state index is 14.2. The van der Waals surface area contributed by atoms with Gasteiger partial charge in [0.1, 0.15) is 12.4 Å². The first-order chi connectivity index (χ1) is 15.5. The van der Waals surface area contributed by atoms with Crippen LogP contribution in [0.2, 0.25) is 0 Å². The molecule has 13 heteroatoms. The molecule has 0 bridgehead atoms. The number of nitrogens with zero attached hydrogens (tertiary/aromatic N) is 3. The van der Waals surface area contributed by atoms with Gasteiger partial charge in [0.25, 0.3) is 10.1 Å². The molecule has 1 aromatic heterocycles. The molecule has 1 saturated heterocycles. The Hall–Kier alpha value is -3.03. The Morgan fingerprint density at radius 1 is 1.21 bits per heavy atom. The molecule has 0 saturated carbocycles. The highest BCUT2D eigenvalue weighted by Crippen LogP contribution is 2.31. The summed E-state index contributed by atoms with van der Waals surface area (Å²) in [6.07, 6.45) is 1.07. The molecular weight excluding hydrogens is 461 g/mol. The Morgan fingerprint density at radius 3 is 2.48 bits per heavy atom. The quantitative estimate of drug-likeness (QED) is 0.457. The van der Waals surface area contributed by atoms with E-state index in [9.17, 15) is 17.6 Å². The fraction of sp³-hybridized carbons (Fsp3) is 0.450. The molecule has 180 valence electrons. The van der Waals surface area contributed by atoms with Crippen molar-refractivity contribution < 1.29 is 41.2 Å². The standard InChI is InChI=1S/C20H24FN3O8S/c1-12(2)29-20(25)32-24-8-6-14(7-9-24)30-18-13(3)19(23-11-22-18)31-17-5-4-15(10-16(17)21)33(26,27)28/h4-5,10-12,14H,6-9H2,1-3H3,(H,26,27,28). The third-order valence-electron chi connectivity index (χ3n) is 4.61. The van der Waals surface area contributed by atoms with E-state index < -0.39 is 27.0 Å². The molecule has 11 nitrogen and oxygen atoms in total. The van der Waals surface area contributed by atoms with E-state index in [4.69, 9.17) is 23.6 Å². The van der Waals surface area contributed by atoms with Crippen LogP contribution in [-0.2, 0) is 19.7 Å². The summed E-state index contributed by atoms with van der Waals surface area (Å²) in [6, 6.07) is 2.72. The number of benzene rings is 1. The van der Waals surface area contributed by atoms with Crippen molar-refractivity contribution in [1.29, 1.82) is 0 Å². The second-order valence-electron chi connectivity index (χ2n) is 7.53. The molecule has 0 radical (unpaired) electrons. The first kappa shape index (κ1) is 24.6. The van der Waals surface area contributed by atoms with Crippen molar-refractivity contribution in [3.05, 3.63) is 35.9 Å². The van der Waals surface area contributed by atoms with Gasteiger partial charge >= 0.3 is 6.16 Å². The lowest BCUT2D eigenvalue weighted by atomic mass is 10.1. The summed E-state index contributed by atoms with van der Waals surface area (Å²) in [4.78, 5) is 24.2. The molecule has 0 amide bonds. The smallest absolute Gasteiger partial charge is 0.474 e. The van der Waals surface area contributed by atoms with Gasteiger partial charge in [0, 0.05) is 25.9 Å². The molecule has 2 aromatic rings. The molecular formula is C20H24FN3O8S. The van der Waals surface area contributed by atoms with Crippen molar-refractivity contribution in [3.8, 4) is 17.5 Å². The lowest BCUT2D eigenvalue weighted by molar-refractivity contribution is -0.151. The van der Waals surface area contributed by atoms with Gasteiger partial charge in [0.2, 0.25) is 11.8 Å². The molecule has 0 aliphatic carbocycles. The van der Waals surface area contributed by atoms with Crippen LogP contribution < -0.4 is 9.47 Å². The first-order valence-corrected chi connectivity index (χ1v) is 11.5. The molecule has 1 fully saturated rings. The van der Waals surface area contributed by atoms with Crippen LogP contribution in [0.4, 0.5) is 9.18 Å². The molecule has 1 N–H and O–H groups in total. The molecule has 0 atom stereocenters. The van der Waals surface area contributed by atoms with Crippen molar-refractivity contribution in [1.82, 2.24) is 15.0 Å². The summed E-state index contributed by atoms with van der Waals surface area (Å²) in [5.41, 5.74) is 0.412. The van der Waals surface area contributed by atoms with Crippen molar-refractivity contribution in [2.45, 2.75) is 50.7 Å². The number of carbonyl (C=O) groups excluding carboxylic acids is 1. The largest absolute Gasteiger partial charge is 0.528 e. The number of rotatable bonds is 7. The minimum absolute atomic E-state index is 0.0238. The van der Waals surface area contributed by atoms with Crippen LogP contribution in [0.1, 0.15) is 32.3 Å². The third kappa shape index (κ3) is 6.73. The molecule has 1 aliphatic rings. The van der Waals surface area contributed by atoms with Gasteiger partial charge in [0.15, 0.2) is 11.6 Å². The predicted molar refractivity (Wildman–Crippen MR) is 111 cm³/mol. The van der Waals surface area contributed by atoms with Crippen LogP contribution in [0.3, 0.4) is 0 Å². The van der Waals surface area contributed by atoms with Gasteiger partial charge in [-0.3, -0.25) is 4.55 Å². The first-order valence-electron chi connectivity index (χ1n) is 10.1. The molecule has 33 heavy (non-hydrogen) atoms. The third-order valence-corrected chi connectivity index (χ3v) is 5.46. The zero-order valence-electron chi connectivity index (χ0n) is 18.2. The summed E-state index contributed by atoms with van der Waals surface area (Å²) < 4.78 is 61.9. The highest BCUT2D eigenvalue weighted by molar-refractivity contribution is 7.85. The fourth-order valence-electron chi connectivity index (χ4n) is 2.99. The predicted octanol–water partition coefficient (Wildman–Crippen LogP) is 3.28. The van der Waals surface area contributed by atoms with Crippen molar-refractivity contribution in [2.75, 3.05) is 13.1 Å². The molecule has 1 aliphatic heterocycles. The van der Waals surface area contributed by atoms with Crippen LogP contribution in [0, 0.1) is 12.7 Å². The zero-order chi connectivity index (χ0) is 24.2. The summed E-state index contributed by atoms with van der Waals surface area (Å²) >= 11 is 0. The number of piperidine rings is 1. The Morgan fingerprint density at radius 2 is 1.88 bits per heavy atom. The zero-order valence-corrected chi connectivity index (χ0v) is 19.0. The van der Waals surface area contributed by atoms with Crippen LogP contribution in [0.15, 0.2) is 29.4 Å². The van der Waals surface area contributed by atoms with Gasteiger partial charge in [-0.15, -0.1) is 5.06 Å². The number of hydrogen-bond acceptors (Lipinski definition) is 10. The van der Waals surface area contributed by atoms with E-state index >= 15 is 0 Å². The number of hydroxylamine groups is 2. The van der Waals surface area contributed by atoms with E-state index in [0.29, 0.717) is 37.6 Å². The Kier molecular flexibility index (Phi) is 7.66. The average molecular weight is 485 g/mol. The fourth-order valence-corrected chi connectivity index (χ4v) is 3.48. The molecule has 0 unspecified atom stereocenters. The van der Waals surface area contributed by atoms with Crippen molar-refractivity contribution in [3.63, 3.8) is 0 Å². The number of halogens is 1. The minimum atomic E-state index is -4.54. The number of aromatic nitrogens is 2. The second kappa shape index (κ2) is 10.3. The van der Waals surface area contributed by atoms with Gasteiger partial charge in [-0.05, 0) is 39.0 Å². The van der Waals surface area contributed by atoms with Gasteiger partial charge in [-0.25, -0.2) is 19.2 Å². The van der Waals surface area contributed by atoms with Crippen LogP contribution in [0.25, 0.3) is 0 Å². The maximum Gasteiger partial charge on any atom is 0.528 e. The minimum Gasteiger partial charge on any atom is -0.474 e. The van der Waals surface area contributed by atoms with Gasteiger partial charge < -0.3 is 19.0 Å². The van der Waals surface area contributed by atoms with Gasteiger partial charge in [-0.1, -0.05) is 0 Å². The van der Waals surface area contributed by atoms with Gasteiger partial charge in [0.05, 0.1) is 16.6 Å². The monoisotopic (exact) mass is 485 g/mol. The highest BCUT2D eigenvalue weighted by Gasteiger charge is 2.25. The number of hydrogen-bond donors (Lipinski definition) is 1. The van der Waals surface area contributed by atoms with E-state index in [1.54, 1.807) is 20.8 Å². The molecule has 3 rings (SSSR count). The lowest BCUT2D eigenvalue weighted by Gasteiger charge is -2.30. The maximum atomic E-state index is 14.2. The van der Waals surface area contributed by atoms with Crippen LogP contribution in [-0.4, -0.2) is 59.5 Å². The Bertz CT molecular complexity index is 1100. The molecule has 1 aromatic carbocycles. The summed E-state index contributed by atoms with van der Waals surface area (Å²) in [6.45, 7) is 5.97. The highest BCUT2D eigenvalue weighted by atomic mass is 32.2. The normalized spacial score (nSPS) is 15.3. The molecule has 2 heterocycles. The summed E-state index contributed by atoms with van der Waals surface area (Å²) in [5, 5.41) is 1.50. The van der Waals surface area contributed by atoms with Crippen molar-refractivity contribution in [2.24, 2.45) is 0 Å². The molecule has 0 spiro atoms. The number of carbonyl (C=O) groups is 1. The van der Waals surface area contributed by atoms with Gasteiger partial charge in [-0.2, -0.15) is 8.42 Å². The van der Waals surface area contributed by atoms with E-state index in [1.807, 2.05) is 0 Å². The second-order valence-corrected chi connectivity index (χ2v) is 8.95. The van der Waals surface area contributed by atoms with Crippen LogP contribution >= 0.6 is 0 Å². The summed E-state index contributed by atoms with van der Waals surface area (Å²) in [5.74, 6) is -1.01. The Balaban J connectivity index is 1.62. The van der Waals surface area contributed by atoms with E-state index in [2.05, 4.69) is 9.97 Å². The Labute approximate surface area is 190 Å². The SMILES string of the molecule is Cc1c(Oc2ccc(S(=O)(=O)O)cc2F)ncnc1OC1CCN(OC(=O)OC(C)C)CC1. The summed E-state index contributed by atoms with van der Waals surface area (Å²) in [7, 11) is -4.54. The lowest BCUT2D eigenvalue weighted by Crippen LogP contribution is -2.40. The van der Waals surface area contributed by atoms with Crippen molar-refractivity contribution >= 4 is 16.3 Å².